The van der Waals surface area contributed by atoms with Crippen molar-refractivity contribution in [2.75, 3.05) is 12.4 Å². The lowest BCUT2D eigenvalue weighted by atomic mass is 10.0. The lowest BCUT2D eigenvalue weighted by molar-refractivity contribution is -0.138. The minimum absolute atomic E-state index is 0.00130. The van der Waals surface area contributed by atoms with Gasteiger partial charge in [-0.3, -0.25) is 14.6 Å². The number of ketones is 1. The van der Waals surface area contributed by atoms with E-state index in [0.717, 1.165) is 41.5 Å². The Balaban J connectivity index is 0.000000328. The van der Waals surface area contributed by atoms with Gasteiger partial charge in [0.2, 0.25) is 0 Å². The second kappa shape index (κ2) is 13.9. The van der Waals surface area contributed by atoms with E-state index in [9.17, 15) is 22.8 Å². The fraction of sp³-hybridized carbons (Fsp3) is 0.321. The number of nitrogens with one attached hydrogen (secondary N) is 1. The number of nitrogens with zero attached hydrogens (tertiary/aromatic N) is 2. The molecule has 2 aromatic rings. The van der Waals surface area contributed by atoms with Crippen LogP contribution in [0.1, 0.15) is 59.1 Å². The third-order valence-corrected chi connectivity index (χ3v) is 6.88. The lowest BCUT2D eigenvalue weighted by Crippen LogP contribution is -2.17. The van der Waals surface area contributed by atoms with Crippen LogP contribution in [-0.2, 0) is 30.4 Å². The lowest BCUT2D eigenvalue weighted by Gasteiger charge is -2.19. The van der Waals surface area contributed by atoms with Crippen molar-refractivity contribution in [1.29, 1.82) is 0 Å². The fourth-order valence-corrected chi connectivity index (χ4v) is 4.83. The van der Waals surface area contributed by atoms with Crippen LogP contribution in [0.15, 0.2) is 64.9 Å². The van der Waals surface area contributed by atoms with Gasteiger partial charge in [-0.1, -0.05) is 39.0 Å². The summed E-state index contributed by atoms with van der Waals surface area (Å²) in [6.07, 6.45) is 4.53. The van der Waals surface area contributed by atoms with Gasteiger partial charge >= 0.3 is 6.18 Å². The predicted octanol–water partition coefficient (Wildman–Crippen LogP) is 6.53. The Labute approximate surface area is 224 Å². The Hall–Kier alpha value is -3.50. The van der Waals surface area contributed by atoms with Crippen molar-refractivity contribution in [3.05, 3.63) is 87.0 Å². The van der Waals surface area contributed by atoms with Gasteiger partial charge in [0.05, 0.1) is 29.6 Å². The largest absolute Gasteiger partial charge is 0.416 e. The number of rotatable bonds is 8. The zero-order chi connectivity index (χ0) is 28.5. The number of Topliss-reactive ketones (excluding diaryl/α,β-unsaturated/α-hetero) is 1. The van der Waals surface area contributed by atoms with Gasteiger partial charge in [-0.15, -0.1) is 11.3 Å². The Bertz CT molecular complexity index is 1260. The van der Waals surface area contributed by atoms with Gasteiger partial charge in [0.15, 0.2) is 5.78 Å². The third-order valence-electron chi connectivity index (χ3n) is 5.70. The van der Waals surface area contributed by atoms with Crippen molar-refractivity contribution in [3.63, 3.8) is 0 Å². The second-order valence-electron chi connectivity index (χ2n) is 8.38. The maximum absolute atomic E-state index is 13.1. The number of carbonyl (C=O) groups is 2. The topological polar surface area (TPSA) is 82.0 Å². The van der Waals surface area contributed by atoms with Crippen LogP contribution in [0.25, 0.3) is 0 Å². The number of aryl methyl sites for hydroxylation is 1. The third kappa shape index (κ3) is 7.75. The fourth-order valence-electron chi connectivity index (χ4n) is 3.80. The molecule has 2 N–H and O–H groups in total. The molecular formula is C28H32F3N3O3S. The van der Waals surface area contributed by atoms with Crippen LogP contribution in [0, 0.1) is 0 Å². The van der Waals surface area contributed by atoms with Crippen LogP contribution >= 0.6 is 11.3 Å². The molecule has 0 atom stereocenters. The highest BCUT2D eigenvalue weighted by atomic mass is 32.1. The number of halogens is 3. The summed E-state index contributed by atoms with van der Waals surface area (Å²) in [6.45, 7) is 8.43. The maximum atomic E-state index is 13.1. The molecule has 0 spiro atoms. The van der Waals surface area contributed by atoms with Crippen molar-refractivity contribution in [2.24, 2.45) is 4.99 Å². The minimum atomic E-state index is -4.59. The van der Waals surface area contributed by atoms with Crippen molar-refractivity contribution < 1.29 is 27.9 Å². The van der Waals surface area contributed by atoms with E-state index in [-0.39, 0.29) is 17.0 Å². The molecule has 0 unspecified atom stereocenters. The number of aliphatic hydroxyl groups is 1. The Morgan fingerprint density at radius 2 is 1.97 bits per heavy atom. The number of carbonyl (C=O) groups excluding carboxylic acids is 2. The molecule has 0 aliphatic carbocycles. The molecule has 10 heteroatoms. The number of thiophene rings is 1. The Morgan fingerprint density at radius 1 is 1.26 bits per heavy atom. The molecule has 0 saturated carbocycles. The van der Waals surface area contributed by atoms with E-state index >= 15 is 0 Å². The normalized spacial score (nSPS) is 14.1. The molecule has 1 aliphatic rings. The number of hydrogen-bond acceptors (Lipinski definition) is 6. The average Bonchev–Trinajstić information content (AvgIpc) is 3.28. The number of anilines is 1. The van der Waals surface area contributed by atoms with Crippen LogP contribution in [0.5, 0.6) is 0 Å². The number of allylic oxidation sites excluding steroid dienone is 3. The molecule has 1 aromatic carbocycles. The summed E-state index contributed by atoms with van der Waals surface area (Å²) in [5.74, 6) is -0.414. The molecule has 1 amide bonds. The van der Waals surface area contributed by atoms with Gasteiger partial charge in [0.1, 0.15) is 0 Å². The molecule has 0 radical (unpaired) electrons. The van der Waals surface area contributed by atoms with E-state index in [2.05, 4.69) is 16.9 Å². The SMILES string of the molecule is C=C/C(C(C)=O)=C1/C=NC=CN1C.CCCc1c(C(=O)Nc2ccc(CO)c(C(F)(F)F)c2)csc1CC. The van der Waals surface area contributed by atoms with E-state index in [0.29, 0.717) is 11.1 Å². The van der Waals surface area contributed by atoms with E-state index in [1.54, 1.807) is 30.1 Å². The van der Waals surface area contributed by atoms with Crippen LogP contribution < -0.4 is 5.32 Å². The van der Waals surface area contributed by atoms with Gasteiger partial charge in [-0.25, -0.2) is 0 Å². The second-order valence-corrected chi connectivity index (χ2v) is 9.35. The number of amides is 1. The predicted molar refractivity (Wildman–Crippen MR) is 146 cm³/mol. The van der Waals surface area contributed by atoms with Crippen LogP contribution in [0.2, 0.25) is 0 Å². The van der Waals surface area contributed by atoms with E-state index in [4.69, 9.17) is 5.11 Å². The van der Waals surface area contributed by atoms with Crippen molar-refractivity contribution in [2.45, 2.75) is 52.8 Å². The van der Waals surface area contributed by atoms with E-state index in [1.165, 1.54) is 30.4 Å². The van der Waals surface area contributed by atoms with E-state index in [1.807, 2.05) is 25.8 Å². The first-order chi connectivity index (χ1) is 18.0. The van der Waals surface area contributed by atoms with E-state index < -0.39 is 24.3 Å². The van der Waals surface area contributed by atoms with Crippen LogP contribution in [-0.4, -0.2) is 35.0 Å². The van der Waals surface area contributed by atoms with Crippen LogP contribution in [0.3, 0.4) is 0 Å². The maximum Gasteiger partial charge on any atom is 0.416 e. The van der Waals surface area contributed by atoms with Gasteiger partial charge in [0.25, 0.3) is 5.91 Å². The van der Waals surface area contributed by atoms with Gasteiger partial charge in [0, 0.05) is 41.0 Å². The molecule has 0 saturated heterocycles. The molecule has 1 aliphatic heterocycles. The zero-order valence-corrected chi connectivity index (χ0v) is 22.7. The van der Waals surface area contributed by atoms with Crippen molar-refractivity contribution >= 4 is 34.9 Å². The smallest absolute Gasteiger partial charge is 0.392 e. The molecule has 2 heterocycles. The minimum Gasteiger partial charge on any atom is -0.392 e. The number of hydrogen-bond donors (Lipinski definition) is 2. The highest BCUT2D eigenvalue weighted by molar-refractivity contribution is 7.10. The summed E-state index contributed by atoms with van der Waals surface area (Å²) in [5, 5.41) is 13.4. The molecule has 204 valence electrons. The summed E-state index contributed by atoms with van der Waals surface area (Å²) in [5.41, 5.74) is 1.75. The quantitative estimate of drug-likeness (QED) is 0.368. The summed E-state index contributed by atoms with van der Waals surface area (Å²) in [6, 6.07) is 3.40. The van der Waals surface area contributed by atoms with Gasteiger partial charge in [-0.05, 0) is 43.0 Å². The van der Waals surface area contributed by atoms with Crippen molar-refractivity contribution in [3.8, 4) is 0 Å². The first kappa shape index (κ1) is 30.7. The highest BCUT2D eigenvalue weighted by Gasteiger charge is 2.33. The Morgan fingerprint density at radius 3 is 2.50 bits per heavy atom. The number of aliphatic hydroxyl groups excluding tert-OH is 1. The Kier molecular flexibility index (Phi) is 11.2. The average molecular weight is 548 g/mol. The number of benzene rings is 1. The highest BCUT2D eigenvalue weighted by Crippen LogP contribution is 2.34. The molecule has 38 heavy (non-hydrogen) atoms. The van der Waals surface area contributed by atoms with Crippen molar-refractivity contribution in [1.82, 2.24) is 4.90 Å². The summed E-state index contributed by atoms with van der Waals surface area (Å²) < 4.78 is 39.2. The standard InChI is InChI=1S/C18H20F3NO2S.C10H12N2O/c1-3-5-13-14(10-25-16(13)4-2)17(24)22-12-7-6-11(9-23)15(8-12)18(19,20)21;1-4-9(8(2)13)10-7-11-5-6-12(10)3/h6-8,10,23H,3-5,9H2,1-2H3,(H,22,24);4-7H,1H2,2-3H3/b;10-9+. The summed E-state index contributed by atoms with van der Waals surface area (Å²) in [7, 11) is 1.86. The number of aliphatic imine (C=N–C) groups is 1. The molecule has 0 fully saturated rings. The van der Waals surface area contributed by atoms with Gasteiger partial charge < -0.3 is 15.3 Å². The van der Waals surface area contributed by atoms with Gasteiger partial charge in [-0.2, -0.15) is 13.2 Å². The number of alkyl halides is 3. The summed E-state index contributed by atoms with van der Waals surface area (Å²) in [4.78, 5) is 30.6. The summed E-state index contributed by atoms with van der Waals surface area (Å²) >= 11 is 1.49. The molecule has 3 rings (SSSR count). The molecule has 0 bridgehead atoms. The first-order valence-electron chi connectivity index (χ1n) is 12.0. The monoisotopic (exact) mass is 547 g/mol. The molecular weight excluding hydrogens is 515 g/mol. The zero-order valence-electron chi connectivity index (χ0n) is 21.9. The molecule has 6 nitrogen and oxygen atoms in total. The first-order valence-corrected chi connectivity index (χ1v) is 12.9. The molecule has 1 aromatic heterocycles. The van der Waals surface area contributed by atoms with Crippen LogP contribution in [0.4, 0.5) is 18.9 Å².